The highest BCUT2D eigenvalue weighted by molar-refractivity contribution is 5.71. The Kier molecular flexibility index (Phi) is 31.1. The summed E-state index contributed by atoms with van der Waals surface area (Å²) >= 11 is 0. The Balaban J connectivity index is 3.17. The Hall–Kier alpha value is -1.34. The first kappa shape index (κ1) is 41.7. The molecule has 0 amide bonds. The fourth-order valence-corrected chi connectivity index (χ4v) is 3.71. The van der Waals surface area contributed by atoms with Crippen molar-refractivity contribution in [2.24, 2.45) is 0 Å². The van der Waals surface area contributed by atoms with E-state index >= 15 is 0 Å². The van der Waals surface area contributed by atoms with E-state index < -0.39 is 5.60 Å². The molecule has 0 aliphatic rings. The third-order valence-corrected chi connectivity index (χ3v) is 5.85. The predicted molar refractivity (Wildman–Crippen MR) is 164 cm³/mol. The van der Waals surface area contributed by atoms with Crippen molar-refractivity contribution < 1.29 is 52.2 Å². The fourth-order valence-electron chi connectivity index (χ4n) is 3.71. The van der Waals surface area contributed by atoms with E-state index in [9.17, 15) is 9.59 Å². The third kappa shape index (κ3) is 36.8. The van der Waals surface area contributed by atoms with Crippen LogP contribution < -0.4 is 0 Å². The molecule has 0 aromatic rings. The van der Waals surface area contributed by atoms with Crippen molar-refractivity contribution in [1.29, 1.82) is 0 Å². The quantitative estimate of drug-likeness (QED) is 0.0734. The SMILES string of the molecule is CCCCCCCCCCCC(=O)OCCOCCOCCOCCOCCOCCOCCOCC(=O)OC(C)(C)C. The molecule has 0 heterocycles. The number of carbonyl (C=O) groups excluding carboxylic acids is 2. The zero-order valence-electron chi connectivity index (χ0n) is 27.7. The molecule has 0 rings (SSSR count). The molecule has 0 atom stereocenters. The van der Waals surface area contributed by atoms with Gasteiger partial charge in [0.05, 0.1) is 85.9 Å². The summed E-state index contributed by atoms with van der Waals surface area (Å²) in [5, 5.41) is 0. The second-order valence-electron chi connectivity index (χ2n) is 11.1. The number of esters is 2. The van der Waals surface area contributed by atoms with E-state index in [4.69, 9.17) is 42.6 Å². The summed E-state index contributed by atoms with van der Waals surface area (Å²) in [5.41, 5.74) is -0.510. The highest BCUT2D eigenvalue weighted by Gasteiger charge is 2.15. The van der Waals surface area contributed by atoms with Gasteiger partial charge in [-0.3, -0.25) is 4.79 Å². The Morgan fingerprint density at radius 3 is 1.19 bits per heavy atom. The number of carbonyl (C=O) groups is 2. The van der Waals surface area contributed by atoms with Crippen LogP contribution in [0, 0.1) is 0 Å². The van der Waals surface area contributed by atoms with Crippen molar-refractivity contribution in [1.82, 2.24) is 0 Å². The van der Waals surface area contributed by atoms with Gasteiger partial charge in [0.15, 0.2) is 0 Å². The van der Waals surface area contributed by atoms with Crippen LogP contribution in [0.4, 0.5) is 0 Å². The van der Waals surface area contributed by atoms with Gasteiger partial charge in [0.25, 0.3) is 0 Å². The minimum Gasteiger partial charge on any atom is -0.463 e. The van der Waals surface area contributed by atoms with Crippen LogP contribution >= 0.6 is 0 Å². The molecular formula is C32H62O11. The van der Waals surface area contributed by atoms with Gasteiger partial charge in [0.1, 0.15) is 18.8 Å². The van der Waals surface area contributed by atoms with Crippen molar-refractivity contribution in [2.45, 2.75) is 97.5 Å². The van der Waals surface area contributed by atoms with Gasteiger partial charge >= 0.3 is 11.9 Å². The molecule has 0 saturated heterocycles. The average molecular weight is 623 g/mol. The molecule has 0 spiro atoms. The average Bonchev–Trinajstić information content (AvgIpc) is 2.95. The van der Waals surface area contributed by atoms with Crippen molar-refractivity contribution in [3.05, 3.63) is 0 Å². The van der Waals surface area contributed by atoms with E-state index in [1.807, 2.05) is 20.8 Å². The normalized spacial score (nSPS) is 11.6. The van der Waals surface area contributed by atoms with E-state index in [0.29, 0.717) is 92.3 Å². The molecule has 11 heteroatoms. The van der Waals surface area contributed by atoms with Gasteiger partial charge in [-0.05, 0) is 27.2 Å². The maximum absolute atomic E-state index is 11.8. The maximum atomic E-state index is 11.8. The largest absolute Gasteiger partial charge is 0.463 e. The van der Waals surface area contributed by atoms with Crippen LogP contribution in [-0.2, 0) is 52.2 Å². The fraction of sp³-hybridized carbons (Fsp3) is 0.938. The Morgan fingerprint density at radius 2 is 0.791 bits per heavy atom. The minimum absolute atomic E-state index is 0.0826. The molecule has 0 radical (unpaired) electrons. The zero-order valence-corrected chi connectivity index (χ0v) is 27.7. The summed E-state index contributed by atoms with van der Waals surface area (Å²) < 4.78 is 48.2. The predicted octanol–water partition coefficient (Wildman–Crippen LogP) is 4.91. The van der Waals surface area contributed by atoms with Crippen LogP contribution in [0.25, 0.3) is 0 Å². The summed E-state index contributed by atoms with van der Waals surface area (Å²) in [5.74, 6) is -0.527. The Labute approximate surface area is 260 Å². The highest BCUT2D eigenvalue weighted by atomic mass is 16.6. The van der Waals surface area contributed by atoms with E-state index in [0.717, 1.165) is 12.8 Å². The first-order valence-electron chi connectivity index (χ1n) is 16.3. The lowest BCUT2D eigenvalue weighted by Gasteiger charge is -2.19. The molecule has 11 nitrogen and oxygen atoms in total. The van der Waals surface area contributed by atoms with Crippen molar-refractivity contribution in [2.75, 3.05) is 99.1 Å². The van der Waals surface area contributed by atoms with Gasteiger partial charge in [-0.15, -0.1) is 0 Å². The monoisotopic (exact) mass is 622 g/mol. The molecule has 0 bridgehead atoms. The number of hydrogen-bond acceptors (Lipinski definition) is 11. The number of ether oxygens (including phenoxy) is 9. The molecule has 0 saturated carbocycles. The molecule has 256 valence electrons. The number of rotatable bonds is 33. The van der Waals surface area contributed by atoms with Gasteiger partial charge < -0.3 is 42.6 Å². The second-order valence-corrected chi connectivity index (χ2v) is 11.1. The van der Waals surface area contributed by atoms with Gasteiger partial charge in [-0.1, -0.05) is 58.3 Å². The molecule has 0 aromatic carbocycles. The summed E-state index contributed by atoms with van der Waals surface area (Å²) in [6.45, 7) is 13.6. The zero-order chi connectivity index (χ0) is 31.7. The van der Waals surface area contributed by atoms with E-state index in [-0.39, 0.29) is 25.2 Å². The van der Waals surface area contributed by atoms with Crippen LogP contribution in [-0.4, -0.2) is 117 Å². The van der Waals surface area contributed by atoms with Crippen LogP contribution in [0.1, 0.15) is 91.9 Å². The molecule has 43 heavy (non-hydrogen) atoms. The van der Waals surface area contributed by atoms with Gasteiger partial charge in [-0.2, -0.15) is 0 Å². The van der Waals surface area contributed by atoms with Crippen LogP contribution in [0.15, 0.2) is 0 Å². The molecule has 0 aliphatic carbocycles. The Morgan fingerprint density at radius 1 is 0.442 bits per heavy atom. The maximum Gasteiger partial charge on any atom is 0.332 e. The van der Waals surface area contributed by atoms with Crippen LogP contribution in [0.2, 0.25) is 0 Å². The molecule has 0 aliphatic heterocycles. The topological polar surface area (TPSA) is 117 Å². The second kappa shape index (κ2) is 32.1. The number of unbranched alkanes of at least 4 members (excludes halogenated alkanes) is 8. The van der Waals surface area contributed by atoms with Crippen molar-refractivity contribution in [3.63, 3.8) is 0 Å². The van der Waals surface area contributed by atoms with Crippen LogP contribution in [0.3, 0.4) is 0 Å². The van der Waals surface area contributed by atoms with Crippen LogP contribution in [0.5, 0.6) is 0 Å². The van der Waals surface area contributed by atoms with Gasteiger partial charge in [0, 0.05) is 6.42 Å². The first-order chi connectivity index (χ1) is 20.8. The lowest BCUT2D eigenvalue weighted by molar-refractivity contribution is -0.160. The van der Waals surface area contributed by atoms with Crippen molar-refractivity contribution >= 4 is 11.9 Å². The smallest absolute Gasteiger partial charge is 0.332 e. The summed E-state index contributed by atoms with van der Waals surface area (Å²) in [6.07, 6.45) is 11.6. The lowest BCUT2D eigenvalue weighted by Crippen LogP contribution is -2.27. The van der Waals surface area contributed by atoms with Gasteiger partial charge in [0.2, 0.25) is 0 Å². The lowest BCUT2D eigenvalue weighted by atomic mass is 10.1. The minimum atomic E-state index is -0.510. The van der Waals surface area contributed by atoms with E-state index in [1.165, 1.54) is 44.9 Å². The molecule has 0 aromatic heterocycles. The van der Waals surface area contributed by atoms with E-state index in [1.54, 1.807) is 0 Å². The molecule has 0 unspecified atom stereocenters. The summed E-state index contributed by atoms with van der Waals surface area (Å²) in [7, 11) is 0. The van der Waals surface area contributed by atoms with E-state index in [2.05, 4.69) is 6.92 Å². The summed E-state index contributed by atoms with van der Waals surface area (Å²) in [6, 6.07) is 0. The molecule has 0 N–H and O–H groups in total. The third-order valence-electron chi connectivity index (χ3n) is 5.85. The highest BCUT2D eigenvalue weighted by Crippen LogP contribution is 2.11. The standard InChI is InChI=1S/C32H62O11/c1-5-6-7-8-9-10-11-12-13-14-30(33)42-28-27-40-24-23-38-20-19-36-16-15-35-17-18-37-21-22-39-25-26-41-29-31(34)43-32(2,3)4/h5-29H2,1-4H3. The molecule has 0 fully saturated rings. The van der Waals surface area contributed by atoms with Crippen molar-refractivity contribution in [3.8, 4) is 0 Å². The first-order valence-corrected chi connectivity index (χ1v) is 16.3. The Bertz CT molecular complexity index is 611. The number of hydrogen-bond donors (Lipinski definition) is 0. The molecular weight excluding hydrogens is 560 g/mol. The summed E-state index contributed by atoms with van der Waals surface area (Å²) in [4.78, 5) is 23.2. The van der Waals surface area contributed by atoms with Gasteiger partial charge in [-0.25, -0.2) is 4.79 Å².